The number of H-pyrrole nitrogens is 2. The van der Waals surface area contributed by atoms with E-state index < -0.39 is 0 Å². The Morgan fingerprint density at radius 1 is 0.737 bits per heavy atom. The molecule has 0 spiro atoms. The average Bonchev–Trinajstić information content (AvgIpc) is 3.67. The van der Waals surface area contributed by atoms with Crippen molar-refractivity contribution in [2.75, 3.05) is 0 Å². The summed E-state index contributed by atoms with van der Waals surface area (Å²) in [6, 6.07) is 17.8. The highest BCUT2D eigenvalue weighted by Crippen LogP contribution is 2.41. The molecule has 0 amide bonds. The Kier molecular flexibility index (Phi) is 4.47. The molecule has 6 nitrogen and oxygen atoms in total. The van der Waals surface area contributed by atoms with E-state index in [9.17, 15) is 0 Å². The maximum atomic E-state index is 4.95. The molecule has 0 fully saturated rings. The molecule has 0 aliphatic rings. The highest BCUT2D eigenvalue weighted by molar-refractivity contribution is 7.26. The summed E-state index contributed by atoms with van der Waals surface area (Å²) < 4.78 is 2.50. The van der Waals surface area contributed by atoms with Crippen LogP contribution in [0.1, 0.15) is 38.3 Å². The van der Waals surface area contributed by atoms with Gasteiger partial charge < -0.3 is 9.97 Å². The molecule has 7 heteroatoms. The molecule has 0 aliphatic carbocycles. The van der Waals surface area contributed by atoms with E-state index in [1.165, 1.54) is 25.7 Å². The fourth-order valence-corrected chi connectivity index (χ4v) is 6.81. The van der Waals surface area contributed by atoms with Crippen LogP contribution in [-0.4, -0.2) is 29.9 Å². The first-order valence-electron chi connectivity index (χ1n) is 13.0. The predicted molar refractivity (Wildman–Crippen MR) is 158 cm³/mol. The number of thiophene rings is 1. The summed E-state index contributed by atoms with van der Waals surface area (Å²) in [6.45, 7) is 6.45. The summed E-state index contributed by atoms with van der Waals surface area (Å²) in [5.74, 6) is 2.36. The highest BCUT2D eigenvalue weighted by atomic mass is 32.1. The zero-order chi connectivity index (χ0) is 25.5. The van der Waals surface area contributed by atoms with Crippen molar-refractivity contribution >= 4 is 75.4 Å². The molecule has 0 saturated carbocycles. The first kappa shape index (κ1) is 21.7. The number of nitrogens with one attached hydrogen (secondary N) is 2. The van der Waals surface area contributed by atoms with Gasteiger partial charge in [-0.25, -0.2) is 9.97 Å². The normalized spacial score (nSPS) is 12.4. The Labute approximate surface area is 221 Å². The summed E-state index contributed by atoms with van der Waals surface area (Å²) in [7, 11) is 0. The first-order chi connectivity index (χ1) is 18.6. The van der Waals surface area contributed by atoms with E-state index in [-0.39, 0.29) is 0 Å². The molecule has 4 aromatic heterocycles. The lowest BCUT2D eigenvalue weighted by Crippen LogP contribution is -1.88. The summed E-state index contributed by atoms with van der Waals surface area (Å²) in [4.78, 5) is 26.2. The minimum absolute atomic E-state index is 0.364. The van der Waals surface area contributed by atoms with Crippen molar-refractivity contribution in [1.82, 2.24) is 29.9 Å². The Morgan fingerprint density at radius 3 is 2.32 bits per heavy atom. The maximum absolute atomic E-state index is 4.95. The molecule has 38 heavy (non-hydrogen) atoms. The van der Waals surface area contributed by atoms with Gasteiger partial charge in [-0.1, -0.05) is 51.1 Å². The van der Waals surface area contributed by atoms with Crippen LogP contribution in [0.5, 0.6) is 0 Å². The van der Waals surface area contributed by atoms with Crippen LogP contribution in [0.2, 0.25) is 0 Å². The summed E-state index contributed by atoms with van der Waals surface area (Å²) >= 11 is 1.82. The third-order valence-electron chi connectivity index (χ3n) is 7.54. The van der Waals surface area contributed by atoms with E-state index in [0.29, 0.717) is 5.92 Å². The predicted octanol–water partition coefficient (Wildman–Crippen LogP) is 8.26. The fraction of sp³-hybridized carbons (Fsp3) is 0.161. The number of aromatic nitrogens is 6. The molecule has 8 aromatic rings. The number of benzene rings is 4. The smallest absolute Gasteiger partial charge is 0.115 e. The highest BCUT2D eigenvalue weighted by Gasteiger charge is 2.17. The minimum atomic E-state index is 0.364. The van der Waals surface area contributed by atoms with Crippen molar-refractivity contribution in [3.63, 3.8) is 0 Å². The maximum Gasteiger partial charge on any atom is 0.115 e. The number of nitrogens with zero attached hydrogens (tertiary/aromatic N) is 4. The minimum Gasteiger partial charge on any atom is -0.342 e. The lowest BCUT2D eigenvalue weighted by molar-refractivity contribution is 0.799. The number of rotatable bonds is 3. The third kappa shape index (κ3) is 2.99. The van der Waals surface area contributed by atoms with Crippen LogP contribution in [-0.2, 0) is 6.42 Å². The van der Waals surface area contributed by atoms with E-state index in [0.717, 1.165) is 67.5 Å². The molecule has 184 valence electrons. The summed E-state index contributed by atoms with van der Waals surface area (Å²) in [5.41, 5.74) is 8.19. The monoisotopic (exact) mass is 512 g/mol. The van der Waals surface area contributed by atoms with Crippen LogP contribution in [0.25, 0.3) is 75.2 Å². The quantitative estimate of drug-likeness (QED) is 0.233. The van der Waals surface area contributed by atoms with Gasteiger partial charge in [0, 0.05) is 51.0 Å². The Morgan fingerprint density at radius 2 is 1.50 bits per heavy atom. The van der Waals surface area contributed by atoms with Gasteiger partial charge in [-0.3, -0.25) is 9.97 Å². The largest absolute Gasteiger partial charge is 0.342 e. The second-order valence-corrected chi connectivity index (χ2v) is 11.3. The molecule has 0 bridgehead atoms. The second-order valence-electron chi connectivity index (χ2n) is 10.2. The number of hydrogen-bond donors (Lipinski definition) is 2. The van der Waals surface area contributed by atoms with E-state index in [4.69, 9.17) is 15.0 Å². The number of hydrogen-bond acceptors (Lipinski definition) is 5. The van der Waals surface area contributed by atoms with Crippen molar-refractivity contribution in [2.24, 2.45) is 0 Å². The van der Waals surface area contributed by atoms with Crippen LogP contribution in [0.15, 0.2) is 60.9 Å². The second kappa shape index (κ2) is 7.82. The van der Waals surface area contributed by atoms with E-state index in [1.807, 2.05) is 11.3 Å². The van der Waals surface area contributed by atoms with E-state index in [2.05, 4.69) is 84.3 Å². The van der Waals surface area contributed by atoms with Crippen LogP contribution >= 0.6 is 11.3 Å². The summed E-state index contributed by atoms with van der Waals surface area (Å²) in [6.07, 6.45) is 4.36. The lowest BCUT2D eigenvalue weighted by atomic mass is 9.98. The molecule has 0 saturated heterocycles. The van der Waals surface area contributed by atoms with Crippen molar-refractivity contribution < 1.29 is 0 Å². The molecule has 0 atom stereocenters. The van der Waals surface area contributed by atoms with Gasteiger partial charge in [0.1, 0.15) is 22.7 Å². The molecule has 0 unspecified atom stereocenters. The molecular formula is C31H24N6S. The summed E-state index contributed by atoms with van der Waals surface area (Å²) in [5, 5.41) is 4.70. The van der Waals surface area contributed by atoms with Crippen LogP contribution in [0.4, 0.5) is 0 Å². The molecule has 2 N–H and O–H groups in total. The molecule has 4 heterocycles. The molecule has 0 aliphatic heterocycles. The number of imidazole rings is 2. The standard InChI is InChI=1S/C31H24N6S/c1-4-24-35-26-19-8-6-16(13-21(19)25-28(29(26)36-24)33-12-11-32-25)17-5-7-18-20-9-10-22-27(30(20)38-23(18)14-17)37-31(34-22)15(2)3/h5-15H,4H2,1-3H3,(H,34,37)(H,35,36). The van der Waals surface area contributed by atoms with Crippen molar-refractivity contribution in [2.45, 2.75) is 33.1 Å². The van der Waals surface area contributed by atoms with Gasteiger partial charge in [-0.2, -0.15) is 0 Å². The van der Waals surface area contributed by atoms with Gasteiger partial charge in [-0.15, -0.1) is 11.3 Å². The van der Waals surface area contributed by atoms with Crippen molar-refractivity contribution in [1.29, 1.82) is 0 Å². The van der Waals surface area contributed by atoms with Gasteiger partial charge in [0.05, 0.1) is 26.8 Å². The molecule has 8 rings (SSSR count). The SMILES string of the molecule is CCc1nc2c3ccc(-c4ccc5c(c4)sc4c5ccc5[nH]c(C(C)C)nc54)cc3c3nccnc3c2[nH]1. The van der Waals surface area contributed by atoms with E-state index in [1.54, 1.807) is 12.4 Å². The van der Waals surface area contributed by atoms with Crippen molar-refractivity contribution in [3.05, 3.63) is 72.6 Å². The zero-order valence-corrected chi connectivity index (χ0v) is 22.1. The average molecular weight is 513 g/mol. The van der Waals surface area contributed by atoms with Crippen LogP contribution < -0.4 is 0 Å². The molecular weight excluding hydrogens is 488 g/mol. The Bertz CT molecular complexity index is 2220. The molecule has 0 radical (unpaired) electrons. The Hall–Kier alpha value is -4.36. The van der Waals surface area contributed by atoms with E-state index >= 15 is 0 Å². The Balaban J connectivity index is 1.35. The topological polar surface area (TPSA) is 83.1 Å². The van der Waals surface area contributed by atoms with Gasteiger partial charge in [0.25, 0.3) is 0 Å². The first-order valence-corrected chi connectivity index (χ1v) is 13.8. The third-order valence-corrected chi connectivity index (χ3v) is 8.72. The van der Waals surface area contributed by atoms with Gasteiger partial charge in [0.2, 0.25) is 0 Å². The van der Waals surface area contributed by atoms with Crippen molar-refractivity contribution in [3.8, 4) is 11.1 Å². The van der Waals surface area contributed by atoms with Gasteiger partial charge >= 0.3 is 0 Å². The number of fused-ring (bicyclic) bond motifs is 11. The van der Waals surface area contributed by atoms with Crippen LogP contribution in [0, 0.1) is 0 Å². The number of aromatic amines is 2. The molecule has 4 aromatic carbocycles. The number of aryl methyl sites for hydroxylation is 1. The van der Waals surface area contributed by atoms with Gasteiger partial charge in [0.15, 0.2) is 0 Å². The lowest BCUT2D eigenvalue weighted by Gasteiger charge is -2.08. The zero-order valence-electron chi connectivity index (χ0n) is 21.3. The van der Waals surface area contributed by atoms with Crippen LogP contribution in [0.3, 0.4) is 0 Å². The fourth-order valence-electron chi connectivity index (χ4n) is 5.58. The van der Waals surface area contributed by atoms with Gasteiger partial charge in [-0.05, 0) is 29.3 Å².